The molecule has 0 aliphatic carbocycles. The molecule has 0 amide bonds. The Morgan fingerprint density at radius 2 is 0.676 bits per heavy atom. The molecule has 1 heterocycles. The first-order valence-corrected chi connectivity index (χ1v) is 15.6. The summed E-state index contributed by atoms with van der Waals surface area (Å²) < 4.78 is 0. The van der Waals surface area contributed by atoms with E-state index in [1.165, 1.54) is 158 Å². The van der Waals surface area contributed by atoms with E-state index in [9.17, 15) is 0 Å². The summed E-state index contributed by atoms with van der Waals surface area (Å²) in [5.41, 5.74) is 4.33. The number of rotatable bonds is 24. The van der Waals surface area contributed by atoms with Crippen molar-refractivity contribution in [2.24, 2.45) is 0 Å². The van der Waals surface area contributed by atoms with Gasteiger partial charge in [-0.2, -0.15) is 0 Å². The lowest BCUT2D eigenvalue weighted by molar-refractivity contribution is 0.572. The van der Waals surface area contributed by atoms with Gasteiger partial charge in [0.1, 0.15) is 5.82 Å². The number of hydrogen-bond acceptors (Lipinski definition) is 2. The van der Waals surface area contributed by atoms with Crippen LogP contribution in [-0.4, -0.2) is 9.97 Å². The smallest absolute Gasteiger partial charge is 0.125 e. The molecule has 0 aliphatic heterocycles. The summed E-state index contributed by atoms with van der Waals surface area (Å²) in [5, 5.41) is 0. The van der Waals surface area contributed by atoms with Gasteiger partial charge in [-0.3, -0.25) is 0 Å². The number of hydrogen-bond donors (Lipinski definition) is 0. The van der Waals surface area contributed by atoms with E-state index in [1.807, 2.05) is 0 Å². The summed E-state index contributed by atoms with van der Waals surface area (Å²) in [6.07, 6.45) is 32.4. The highest BCUT2D eigenvalue weighted by atomic mass is 14.9. The second-order valence-electron chi connectivity index (χ2n) is 10.8. The van der Waals surface area contributed by atoms with Crippen LogP contribution in [0.15, 0.2) is 0 Å². The Balaban J connectivity index is 2.61. The van der Waals surface area contributed by atoms with Crippen LogP contribution in [0.3, 0.4) is 0 Å². The van der Waals surface area contributed by atoms with Gasteiger partial charge in [-0.1, -0.05) is 136 Å². The molecule has 1 aromatic heterocycles. The minimum Gasteiger partial charge on any atom is -0.238 e. The molecule has 0 aliphatic rings. The van der Waals surface area contributed by atoms with Crippen molar-refractivity contribution in [3.63, 3.8) is 0 Å². The van der Waals surface area contributed by atoms with Gasteiger partial charge in [0, 0.05) is 11.4 Å². The first-order valence-electron chi connectivity index (χ1n) is 15.6. The summed E-state index contributed by atoms with van der Waals surface area (Å²) in [7, 11) is 0. The Morgan fingerprint density at radius 3 is 1.03 bits per heavy atom. The monoisotopic (exact) mass is 472 g/mol. The molecule has 0 fully saturated rings. The van der Waals surface area contributed by atoms with Crippen LogP contribution < -0.4 is 0 Å². The van der Waals surface area contributed by atoms with Crippen LogP contribution in [0.2, 0.25) is 0 Å². The summed E-state index contributed by atoms with van der Waals surface area (Å²) >= 11 is 0. The van der Waals surface area contributed by atoms with Crippen molar-refractivity contribution in [1.82, 2.24) is 9.97 Å². The van der Waals surface area contributed by atoms with Gasteiger partial charge >= 0.3 is 0 Å². The van der Waals surface area contributed by atoms with Gasteiger partial charge in [-0.05, 0) is 51.0 Å². The third kappa shape index (κ3) is 15.9. The quantitative estimate of drug-likeness (QED) is 0.140. The van der Waals surface area contributed by atoms with Crippen molar-refractivity contribution in [1.29, 1.82) is 0 Å². The molecule has 0 bridgehead atoms. The molecular weight excluding hydrogens is 412 g/mol. The van der Waals surface area contributed by atoms with Crippen molar-refractivity contribution in [2.45, 2.75) is 182 Å². The number of aromatic nitrogens is 2. The van der Waals surface area contributed by atoms with E-state index in [0.717, 1.165) is 18.7 Å². The maximum Gasteiger partial charge on any atom is 0.125 e. The molecule has 1 aromatic rings. The molecule has 34 heavy (non-hydrogen) atoms. The van der Waals surface area contributed by atoms with E-state index < -0.39 is 0 Å². The molecule has 0 atom stereocenters. The fourth-order valence-electron chi connectivity index (χ4n) is 5.18. The molecule has 0 radical (unpaired) electrons. The number of nitrogens with zero attached hydrogens (tertiary/aromatic N) is 2. The molecule has 0 aromatic carbocycles. The highest BCUT2D eigenvalue weighted by Gasteiger charge is 2.13. The Hall–Kier alpha value is -0.920. The highest BCUT2D eigenvalue weighted by molar-refractivity contribution is 5.27. The zero-order chi connectivity index (χ0) is 24.7. The lowest BCUT2D eigenvalue weighted by Crippen LogP contribution is -2.09. The van der Waals surface area contributed by atoms with Crippen molar-refractivity contribution in [2.75, 3.05) is 0 Å². The molecule has 2 heteroatoms. The van der Waals surface area contributed by atoms with Gasteiger partial charge in [-0.15, -0.1) is 0 Å². The van der Waals surface area contributed by atoms with E-state index in [4.69, 9.17) is 9.97 Å². The molecule has 0 spiro atoms. The third-order valence-corrected chi connectivity index (χ3v) is 7.35. The molecule has 0 N–H and O–H groups in total. The van der Waals surface area contributed by atoms with Gasteiger partial charge in [0.15, 0.2) is 0 Å². The van der Waals surface area contributed by atoms with Gasteiger partial charge in [0.2, 0.25) is 0 Å². The number of aryl methyl sites for hydroxylation is 3. The van der Waals surface area contributed by atoms with E-state index >= 15 is 0 Å². The average Bonchev–Trinajstić information content (AvgIpc) is 2.83. The Bertz CT molecular complexity index is 541. The Labute approximate surface area is 214 Å². The standard InChI is InChI=1S/C32H60N2/c1-5-8-11-14-17-20-23-26-30-31(27-24-21-18-15-12-9-6-2)33-29(4)34-32(30)28-25-22-19-16-13-10-7-3/h5-28H2,1-4H3. The maximum atomic E-state index is 4.99. The van der Waals surface area contributed by atoms with E-state index in [2.05, 4.69) is 27.7 Å². The maximum absolute atomic E-state index is 4.99. The normalized spacial score (nSPS) is 11.4. The molecular formula is C32H60N2. The van der Waals surface area contributed by atoms with Crippen LogP contribution in [0.25, 0.3) is 0 Å². The lowest BCUT2D eigenvalue weighted by atomic mass is 9.96. The average molecular weight is 473 g/mol. The van der Waals surface area contributed by atoms with Crippen molar-refractivity contribution in [3.05, 3.63) is 22.8 Å². The zero-order valence-corrected chi connectivity index (χ0v) is 23.9. The molecule has 0 unspecified atom stereocenters. The fraction of sp³-hybridized carbons (Fsp3) is 0.875. The minimum absolute atomic E-state index is 0.999. The van der Waals surface area contributed by atoms with Gasteiger partial charge in [0.05, 0.1) is 0 Å². The largest absolute Gasteiger partial charge is 0.238 e. The third-order valence-electron chi connectivity index (χ3n) is 7.35. The second-order valence-corrected chi connectivity index (χ2v) is 10.8. The molecule has 0 saturated carbocycles. The minimum atomic E-state index is 0.999. The van der Waals surface area contributed by atoms with Crippen molar-refractivity contribution < 1.29 is 0 Å². The summed E-state index contributed by atoms with van der Waals surface area (Å²) in [4.78, 5) is 9.97. The van der Waals surface area contributed by atoms with E-state index in [-0.39, 0.29) is 0 Å². The van der Waals surface area contributed by atoms with Gasteiger partial charge in [0.25, 0.3) is 0 Å². The first-order chi connectivity index (χ1) is 16.7. The molecule has 0 saturated heterocycles. The van der Waals surface area contributed by atoms with Crippen molar-refractivity contribution >= 4 is 0 Å². The van der Waals surface area contributed by atoms with Crippen LogP contribution in [0.4, 0.5) is 0 Å². The summed E-state index contributed by atoms with van der Waals surface area (Å²) in [6, 6.07) is 0. The first kappa shape index (κ1) is 31.1. The highest BCUT2D eigenvalue weighted by Crippen LogP contribution is 2.21. The summed E-state index contributed by atoms with van der Waals surface area (Å²) in [6.45, 7) is 9.01. The fourth-order valence-corrected chi connectivity index (χ4v) is 5.18. The van der Waals surface area contributed by atoms with Crippen LogP contribution in [0.5, 0.6) is 0 Å². The van der Waals surface area contributed by atoms with E-state index in [1.54, 1.807) is 0 Å². The predicted molar refractivity (Wildman–Crippen MR) is 152 cm³/mol. The van der Waals surface area contributed by atoms with Gasteiger partial charge in [-0.25, -0.2) is 9.97 Å². The van der Waals surface area contributed by atoms with Gasteiger partial charge < -0.3 is 0 Å². The number of unbranched alkanes of at least 4 members (excludes halogenated alkanes) is 18. The topological polar surface area (TPSA) is 25.8 Å². The van der Waals surface area contributed by atoms with Crippen LogP contribution >= 0.6 is 0 Å². The lowest BCUT2D eigenvalue weighted by Gasteiger charge is -2.15. The summed E-state index contributed by atoms with van der Waals surface area (Å²) in [5.74, 6) is 0.999. The Kier molecular flexibility index (Phi) is 20.6. The van der Waals surface area contributed by atoms with Crippen LogP contribution in [0.1, 0.15) is 178 Å². The van der Waals surface area contributed by atoms with Crippen LogP contribution in [-0.2, 0) is 19.3 Å². The SMILES string of the molecule is CCCCCCCCCc1nc(C)nc(CCCCCCCCC)c1CCCCCCCCC. The van der Waals surface area contributed by atoms with Crippen molar-refractivity contribution in [3.8, 4) is 0 Å². The molecule has 1 rings (SSSR count). The predicted octanol–water partition coefficient (Wildman–Crippen LogP) is 10.7. The van der Waals surface area contributed by atoms with Crippen LogP contribution in [0, 0.1) is 6.92 Å². The Morgan fingerprint density at radius 1 is 0.382 bits per heavy atom. The molecule has 198 valence electrons. The zero-order valence-electron chi connectivity index (χ0n) is 23.9. The van der Waals surface area contributed by atoms with E-state index in [0.29, 0.717) is 0 Å². The molecule has 2 nitrogen and oxygen atoms in total. The second kappa shape index (κ2) is 22.5.